The zero-order chi connectivity index (χ0) is 16.6. The molecule has 3 atom stereocenters. The lowest BCUT2D eigenvalue weighted by atomic mass is 10.1. The molecular formula is C20H24O4. The Kier molecular flexibility index (Phi) is 6.38. The van der Waals surface area contributed by atoms with E-state index in [9.17, 15) is 5.11 Å². The smallest absolute Gasteiger partial charge is 0.184 e. The number of ether oxygens (including phenoxy) is 3. The number of hydrogen-bond donors (Lipinski definition) is 1. The SMILES string of the molecule is OC(CCOCc1ccccc1)C1CCOC(c2ccccc2)O1. The van der Waals surface area contributed by atoms with Crippen LogP contribution in [0.4, 0.5) is 0 Å². The van der Waals surface area contributed by atoms with Gasteiger partial charge in [-0.3, -0.25) is 0 Å². The summed E-state index contributed by atoms with van der Waals surface area (Å²) in [7, 11) is 0. The average Bonchev–Trinajstić information content (AvgIpc) is 2.67. The van der Waals surface area contributed by atoms with Gasteiger partial charge in [-0.25, -0.2) is 0 Å². The third-order valence-corrected chi connectivity index (χ3v) is 4.14. The van der Waals surface area contributed by atoms with Crippen molar-refractivity contribution in [3.8, 4) is 0 Å². The third-order valence-electron chi connectivity index (χ3n) is 4.14. The molecule has 0 spiro atoms. The van der Waals surface area contributed by atoms with Crippen molar-refractivity contribution in [1.82, 2.24) is 0 Å². The molecule has 0 bridgehead atoms. The van der Waals surface area contributed by atoms with Crippen LogP contribution < -0.4 is 0 Å². The fraction of sp³-hybridized carbons (Fsp3) is 0.400. The Labute approximate surface area is 143 Å². The first-order chi connectivity index (χ1) is 11.8. The molecule has 3 unspecified atom stereocenters. The largest absolute Gasteiger partial charge is 0.390 e. The highest BCUT2D eigenvalue weighted by Gasteiger charge is 2.29. The van der Waals surface area contributed by atoms with Crippen molar-refractivity contribution in [3.63, 3.8) is 0 Å². The molecule has 24 heavy (non-hydrogen) atoms. The number of benzene rings is 2. The van der Waals surface area contributed by atoms with Crippen LogP contribution in [0.3, 0.4) is 0 Å². The van der Waals surface area contributed by atoms with Crippen molar-refractivity contribution in [2.24, 2.45) is 0 Å². The number of hydrogen-bond acceptors (Lipinski definition) is 4. The van der Waals surface area contributed by atoms with Gasteiger partial charge in [-0.05, 0) is 18.4 Å². The first-order valence-electron chi connectivity index (χ1n) is 8.44. The van der Waals surface area contributed by atoms with Crippen molar-refractivity contribution >= 4 is 0 Å². The molecule has 0 radical (unpaired) electrons. The minimum atomic E-state index is -0.545. The summed E-state index contributed by atoms with van der Waals surface area (Å²) < 4.78 is 17.2. The van der Waals surface area contributed by atoms with E-state index >= 15 is 0 Å². The molecule has 0 aliphatic carbocycles. The molecule has 1 aliphatic heterocycles. The van der Waals surface area contributed by atoms with Gasteiger partial charge in [-0.15, -0.1) is 0 Å². The van der Waals surface area contributed by atoms with Gasteiger partial charge in [0.1, 0.15) is 0 Å². The van der Waals surface area contributed by atoms with Crippen LogP contribution in [0.5, 0.6) is 0 Å². The predicted octanol–water partition coefficient (Wildman–Crippen LogP) is 3.46. The zero-order valence-electron chi connectivity index (χ0n) is 13.7. The maximum Gasteiger partial charge on any atom is 0.184 e. The number of aliphatic hydroxyl groups is 1. The van der Waals surface area contributed by atoms with Crippen LogP contribution in [0.15, 0.2) is 60.7 Å². The highest BCUT2D eigenvalue weighted by molar-refractivity contribution is 5.16. The van der Waals surface area contributed by atoms with E-state index in [0.717, 1.165) is 11.1 Å². The van der Waals surface area contributed by atoms with Crippen LogP contribution in [-0.4, -0.2) is 30.5 Å². The highest BCUT2D eigenvalue weighted by Crippen LogP contribution is 2.28. The maximum absolute atomic E-state index is 10.4. The molecule has 2 aromatic carbocycles. The van der Waals surface area contributed by atoms with Crippen LogP contribution in [0.2, 0.25) is 0 Å². The van der Waals surface area contributed by atoms with Crippen LogP contribution in [0.25, 0.3) is 0 Å². The highest BCUT2D eigenvalue weighted by atomic mass is 16.7. The van der Waals surface area contributed by atoms with Crippen molar-refractivity contribution < 1.29 is 19.3 Å². The van der Waals surface area contributed by atoms with Crippen molar-refractivity contribution in [2.75, 3.05) is 13.2 Å². The van der Waals surface area contributed by atoms with E-state index < -0.39 is 12.4 Å². The first kappa shape index (κ1) is 17.1. The Morgan fingerprint density at radius 2 is 1.75 bits per heavy atom. The normalized spacial score (nSPS) is 22.2. The minimum absolute atomic E-state index is 0.218. The molecule has 3 rings (SSSR count). The number of aliphatic hydroxyl groups excluding tert-OH is 1. The van der Waals surface area contributed by atoms with Gasteiger partial charge in [-0.1, -0.05) is 60.7 Å². The van der Waals surface area contributed by atoms with E-state index in [1.54, 1.807) is 0 Å². The van der Waals surface area contributed by atoms with Gasteiger partial charge in [-0.2, -0.15) is 0 Å². The Morgan fingerprint density at radius 1 is 1.04 bits per heavy atom. The van der Waals surface area contributed by atoms with Gasteiger partial charge in [0.05, 0.1) is 25.4 Å². The molecule has 128 valence electrons. The summed E-state index contributed by atoms with van der Waals surface area (Å²) in [4.78, 5) is 0. The van der Waals surface area contributed by atoms with Gasteiger partial charge in [0.2, 0.25) is 0 Å². The van der Waals surface area contributed by atoms with E-state index in [2.05, 4.69) is 0 Å². The fourth-order valence-corrected chi connectivity index (χ4v) is 2.78. The molecule has 1 fully saturated rings. The van der Waals surface area contributed by atoms with Crippen LogP contribution in [0, 0.1) is 0 Å². The zero-order valence-corrected chi connectivity index (χ0v) is 13.7. The lowest BCUT2D eigenvalue weighted by molar-refractivity contribution is -0.239. The molecule has 0 aromatic heterocycles. The van der Waals surface area contributed by atoms with Crippen LogP contribution >= 0.6 is 0 Å². The quantitative estimate of drug-likeness (QED) is 0.791. The van der Waals surface area contributed by atoms with Crippen LogP contribution in [0.1, 0.15) is 30.3 Å². The molecule has 2 aromatic rings. The summed E-state index contributed by atoms with van der Waals surface area (Å²) in [6, 6.07) is 19.9. The molecule has 4 nitrogen and oxygen atoms in total. The Balaban J connectivity index is 1.42. The lowest BCUT2D eigenvalue weighted by Crippen LogP contribution is -2.37. The van der Waals surface area contributed by atoms with E-state index in [1.807, 2.05) is 60.7 Å². The summed E-state index contributed by atoms with van der Waals surface area (Å²) in [5.41, 5.74) is 2.12. The average molecular weight is 328 g/mol. The van der Waals surface area contributed by atoms with Gasteiger partial charge in [0, 0.05) is 12.2 Å². The third kappa shape index (κ3) is 4.89. The van der Waals surface area contributed by atoms with E-state index in [4.69, 9.17) is 14.2 Å². The van der Waals surface area contributed by atoms with Crippen molar-refractivity contribution in [2.45, 2.75) is 37.9 Å². The summed E-state index contributed by atoms with van der Waals surface area (Å²) >= 11 is 0. The second kappa shape index (κ2) is 8.94. The molecule has 0 saturated carbocycles. The van der Waals surface area contributed by atoms with Gasteiger partial charge < -0.3 is 19.3 Å². The Hall–Kier alpha value is -1.72. The van der Waals surface area contributed by atoms with Gasteiger partial charge in [0.25, 0.3) is 0 Å². The molecule has 4 heteroatoms. The standard InChI is InChI=1S/C20H24O4/c21-18(11-13-22-15-16-7-3-1-4-8-16)19-12-14-23-20(24-19)17-9-5-2-6-10-17/h1-10,18-21H,11-15H2. The fourth-order valence-electron chi connectivity index (χ4n) is 2.78. The van der Waals surface area contributed by atoms with Crippen molar-refractivity contribution in [3.05, 3.63) is 71.8 Å². The number of rotatable bonds is 7. The summed E-state index contributed by atoms with van der Waals surface area (Å²) in [6.45, 7) is 1.66. The Bertz CT molecular complexity index is 587. The molecular weight excluding hydrogens is 304 g/mol. The summed E-state index contributed by atoms with van der Waals surface area (Å²) in [6.07, 6.45) is 0.0901. The summed E-state index contributed by atoms with van der Waals surface area (Å²) in [5, 5.41) is 10.4. The second-order valence-electron chi connectivity index (χ2n) is 5.97. The van der Waals surface area contributed by atoms with Crippen molar-refractivity contribution in [1.29, 1.82) is 0 Å². The second-order valence-corrected chi connectivity index (χ2v) is 5.97. The molecule has 1 aliphatic rings. The topological polar surface area (TPSA) is 47.9 Å². The Morgan fingerprint density at radius 3 is 2.50 bits per heavy atom. The minimum Gasteiger partial charge on any atom is -0.390 e. The molecule has 1 N–H and O–H groups in total. The monoisotopic (exact) mass is 328 g/mol. The molecule has 1 saturated heterocycles. The summed E-state index contributed by atoms with van der Waals surface area (Å²) in [5.74, 6) is 0. The van der Waals surface area contributed by atoms with Gasteiger partial charge >= 0.3 is 0 Å². The van der Waals surface area contributed by atoms with E-state index in [1.165, 1.54) is 0 Å². The van der Waals surface area contributed by atoms with Gasteiger partial charge in [0.15, 0.2) is 6.29 Å². The van der Waals surface area contributed by atoms with Crippen LogP contribution in [-0.2, 0) is 20.8 Å². The lowest BCUT2D eigenvalue weighted by Gasteiger charge is -2.33. The van der Waals surface area contributed by atoms with E-state index in [-0.39, 0.29) is 6.10 Å². The first-order valence-corrected chi connectivity index (χ1v) is 8.44. The van der Waals surface area contributed by atoms with E-state index in [0.29, 0.717) is 32.7 Å². The molecule has 0 amide bonds. The predicted molar refractivity (Wildman–Crippen MR) is 91.3 cm³/mol. The molecule has 1 heterocycles. The maximum atomic E-state index is 10.4.